The molecule has 6 nitrogen and oxygen atoms in total. The summed E-state index contributed by atoms with van der Waals surface area (Å²) in [6.45, 7) is 6.65. The first-order valence-corrected chi connectivity index (χ1v) is 34.8. The zero-order chi connectivity index (χ0) is 57.1. The fraction of sp³-hybridized carbons (Fsp3) is 0.822. The van der Waals surface area contributed by atoms with Crippen LogP contribution in [0.2, 0.25) is 0 Å². The molecule has 0 spiro atoms. The van der Waals surface area contributed by atoms with E-state index in [1.165, 1.54) is 244 Å². The Bertz CT molecular complexity index is 1410. The number of allylic oxidation sites excluding steroid dienone is 10. The molecule has 0 aliphatic heterocycles. The molecule has 0 saturated carbocycles. The van der Waals surface area contributed by atoms with E-state index in [0.29, 0.717) is 19.3 Å². The summed E-state index contributed by atoms with van der Waals surface area (Å²) in [5.74, 6) is -0.873. The summed E-state index contributed by atoms with van der Waals surface area (Å²) in [5, 5.41) is 0. The van der Waals surface area contributed by atoms with Gasteiger partial charge in [0.2, 0.25) is 0 Å². The van der Waals surface area contributed by atoms with Gasteiger partial charge < -0.3 is 14.2 Å². The molecule has 0 radical (unpaired) electrons. The van der Waals surface area contributed by atoms with Crippen LogP contribution in [0.4, 0.5) is 0 Å². The van der Waals surface area contributed by atoms with Gasteiger partial charge in [0.15, 0.2) is 6.10 Å². The van der Waals surface area contributed by atoms with Gasteiger partial charge in [-0.2, -0.15) is 0 Å². The number of carbonyl (C=O) groups is 3. The average molecular weight is 1110 g/mol. The number of rotatable bonds is 64. The monoisotopic (exact) mass is 1110 g/mol. The Morgan fingerprint density at radius 2 is 0.456 bits per heavy atom. The quantitative estimate of drug-likeness (QED) is 0.0261. The number of unbranched alkanes of at least 4 members (excludes halogenated alkanes) is 43. The highest BCUT2D eigenvalue weighted by Gasteiger charge is 2.19. The molecule has 0 rings (SSSR count). The van der Waals surface area contributed by atoms with E-state index >= 15 is 0 Å². The molecule has 1 unspecified atom stereocenters. The van der Waals surface area contributed by atoms with E-state index in [0.717, 1.165) is 83.5 Å². The van der Waals surface area contributed by atoms with Crippen LogP contribution in [0, 0.1) is 0 Å². The largest absolute Gasteiger partial charge is 0.462 e. The van der Waals surface area contributed by atoms with Gasteiger partial charge in [-0.15, -0.1) is 0 Å². The molecule has 0 amide bonds. The standard InChI is InChI=1S/C73H132O6/c1-4-7-10-13-16-19-22-25-28-31-33-34-35-36-37-38-39-40-41-43-45-48-51-54-57-60-63-66-72(75)78-69-70(68-77-71(74)65-62-59-56-53-50-47-44-30-27-24-21-18-15-12-9-6-3)79-73(76)67-64-61-58-55-52-49-46-42-32-29-26-23-20-17-14-11-8-5-2/h20,22-23,25,29-33,44,70H,4-19,21,24,26-28,34-43,45-69H2,1-3H3/b23-20-,25-22-,32-29-,33-31-,44-30-. The Balaban J connectivity index is 4.29. The highest BCUT2D eigenvalue weighted by molar-refractivity contribution is 5.71. The van der Waals surface area contributed by atoms with Crippen LogP contribution in [0.3, 0.4) is 0 Å². The minimum absolute atomic E-state index is 0.0774. The molecule has 0 fully saturated rings. The van der Waals surface area contributed by atoms with Crippen LogP contribution >= 0.6 is 0 Å². The first-order valence-electron chi connectivity index (χ1n) is 34.8. The zero-order valence-corrected chi connectivity index (χ0v) is 52.9. The van der Waals surface area contributed by atoms with Crippen molar-refractivity contribution >= 4 is 17.9 Å². The van der Waals surface area contributed by atoms with Crippen molar-refractivity contribution < 1.29 is 28.6 Å². The summed E-state index contributed by atoms with van der Waals surface area (Å²) in [7, 11) is 0. The summed E-state index contributed by atoms with van der Waals surface area (Å²) < 4.78 is 17.0. The van der Waals surface area contributed by atoms with Crippen LogP contribution in [0.15, 0.2) is 60.8 Å². The van der Waals surface area contributed by atoms with Crippen molar-refractivity contribution in [3.63, 3.8) is 0 Å². The highest BCUT2D eigenvalue weighted by atomic mass is 16.6. The Labute approximate surface area is 491 Å². The van der Waals surface area contributed by atoms with Gasteiger partial charge in [0.1, 0.15) is 13.2 Å². The minimum Gasteiger partial charge on any atom is -0.462 e. The van der Waals surface area contributed by atoms with E-state index in [9.17, 15) is 14.4 Å². The van der Waals surface area contributed by atoms with Crippen molar-refractivity contribution in [2.75, 3.05) is 13.2 Å². The topological polar surface area (TPSA) is 78.9 Å². The number of carbonyl (C=O) groups excluding carboxylic acids is 3. The predicted molar refractivity (Wildman–Crippen MR) is 344 cm³/mol. The smallest absolute Gasteiger partial charge is 0.306 e. The van der Waals surface area contributed by atoms with Crippen molar-refractivity contribution in [1.29, 1.82) is 0 Å². The van der Waals surface area contributed by atoms with Gasteiger partial charge >= 0.3 is 17.9 Å². The molecule has 0 heterocycles. The Morgan fingerprint density at radius 1 is 0.253 bits per heavy atom. The predicted octanol–water partition coefficient (Wildman–Crippen LogP) is 23.9. The van der Waals surface area contributed by atoms with Gasteiger partial charge in [-0.3, -0.25) is 14.4 Å². The van der Waals surface area contributed by atoms with E-state index in [1.807, 2.05) is 0 Å². The van der Waals surface area contributed by atoms with Gasteiger partial charge in [0.05, 0.1) is 0 Å². The third-order valence-corrected chi connectivity index (χ3v) is 15.5. The van der Waals surface area contributed by atoms with E-state index in [2.05, 4.69) is 81.5 Å². The molecule has 1 atom stereocenters. The lowest BCUT2D eigenvalue weighted by Gasteiger charge is -2.18. The highest BCUT2D eigenvalue weighted by Crippen LogP contribution is 2.17. The Kier molecular flexibility index (Phi) is 65.1. The molecule has 0 aliphatic carbocycles. The maximum atomic E-state index is 12.9. The maximum Gasteiger partial charge on any atom is 0.306 e. The van der Waals surface area contributed by atoms with Crippen molar-refractivity contribution in [2.24, 2.45) is 0 Å². The van der Waals surface area contributed by atoms with E-state index < -0.39 is 6.10 Å². The molecule has 460 valence electrons. The van der Waals surface area contributed by atoms with Crippen molar-refractivity contribution in [3.05, 3.63) is 60.8 Å². The first kappa shape index (κ1) is 76.1. The van der Waals surface area contributed by atoms with Gasteiger partial charge in [0, 0.05) is 19.3 Å². The number of esters is 3. The van der Waals surface area contributed by atoms with E-state index in [1.54, 1.807) is 0 Å². The molecular weight excluding hydrogens is 973 g/mol. The van der Waals surface area contributed by atoms with Crippen LogP contribution in [0.1, 0.15) is 367 Å². The second-order valence-electron chi connectivity index (χ2n) is 23.4. The summed E-state index contributed by atoms with van der Waals surface area (Å²) in [4.78, 5) is 38.4. The number of hydrogen-bond donors (Lipinski definition) is 0. The molecule has 0 bridgehead atoms. The summed E-state index contributed by atoms with van der Waals surface area (Å²) in [6, 6.07) is 0. The lowest BCUT2D eigenvalue weighted by Crippen LogP contribution is -2.30. The third-order valence-electron chi connectivity index (χ3n) is 15.5. The average Bonchev–Trinajstić information content (AvgIpc) is 3.45. The molecule has 0 aromatic carbocycles. The summed E-state index contributed by atoms with van der Waals surface area (Å²) >= 11 is 0. The van der Waals surface area contributed by atoms with Crippen molar-refractivity contribution in [1.82, 2.24) is 0 Å². The van der Waals surface area contributed by atoms with E-state index in [-0.39, 0.29) is 31.1 Å². The Hall–Kier alpha value is -2.89. The second-order valence-corrected chi connectivity index (χ2v) is 23.4. The third kappa shape index (κ3) is 65.8. The van der Waals surface area contributed by atoms with Gasteiger partial charge in [-0.1, -0.05) is 300 Å². The van der Waals surface area contributed by atoms with Gasteiger partial charge in [0.25, 0.3) is 0 Å². The number of hydrogen-bond acceptors (Lipinski definition) is 6. The normalized spacial score (nSPS) is 12.4. The lowest BCUT2D eigenvalue weighted by molar-refractivity contribution is -0.167. The van der Waals surface area contributed by atoms with Crippen LogP contribution < -0.4 is 0 Å². The van der Waals surface area contributed by atoms with Crippen LogP contribution in [0.25, 0.3) is 0 Å². The molecule has 0 N–H and O–H groups in total. The molecule has 0 aromatic heterocycles. The van der Waals surface area contributed by atoms with Crippen molar-refractivity contribution in [3.8, 4) is 0 Å². The molecule has 0 aromatic rings. The van der Waals surface area contributed by atoms with Crippen LogP contribution in [0.5, 0.6) is 0 Å². The van der Waals surface area contributed by atoms with Gasteiger partial charge in [-0.25, -0.2) is 0 Å². The summed E-state index contributed by atoms with van der Waals surface area (Å²) in [5.41, 5.74) is 0. The zero-order valence-electron chi connectivity index (χ0n) is 52.9. The molecule has 6 heteroatoms. The first-order chi connectivity index (χ1) is 39.0. The van der Waals surface area contributed by atoms with Crippen molar-refractivity contribution in [2.45, 2.75) is 374 Å². The molecular formula is C73H132O6. The summed E-state index contributed by atoms with van der Waals surface area (Å²) in [6.07, 6.45) is 86.7. The molecule has 79 heavy (non-hydrogen) atoms. The Morgan fingerprint density at radius 3 is 0.722 bits per heavy atom. The lowest BCUT2D eigenvalue weighted by atomic mass is 10.0. The van der Waals surface area contributed by atoms with E-state index in [4.69, 9.17) is 14.2 Å². The fourth-order valence-corrected chi connectivity index (χ4v) is 10.2. The van der Waals surface area contributed by atoms with Crippen LogP contribution in [-0.2, 0) is 28.6 Å². The SMILES string of the molecule is CCCCCC/C=C\C/C=C\CCCCCCCCCC(=O)OC(COC(=O)CCCCCCC/C=C\CCCCCCCCC)COC(=O)CCCCCCCCCCCCCCCCC/C=C\C/C=C\CCCCCCC. The molecule has 0 aliphatic rings. The molecule has 0 saturated heterocycles. The van der Waals surface area contributed by atoms with Crippen LogP contribution in [-0.4, -0.2) is 37.2 Å². The number of ether oxygens (including phenoxy) is 3. The maximum absolute atomic E-state index is 12.9. The minimum atomic E-state index is -0.783. The fourth-order valence-electron chi connectivity index (χ4n) is 10.2. The second kappa shape index (κ2) is 67.6. The van der Waals surface area contributed by atoms with Gasteiger partial charge in [-0.05, 0) is 109 Å².